The normalized spacial score (nSPS) is 16.1. The van der Waals surface area contributed by atoms with Gasteiger partial charge in [0.1, 0.15) is 0 Å². The molecule has 1 aliphatic rings. The van der Waals surface area contributed by atoms with Crippen LogP contribution >= 0.6 is 0 Å². The van der Waals surface area contributed by atoms with Gasteiger partial charge in [-0.15, -0.1) is 0 Å². The lowest BCUT2D eigenvalue weighted by Crippen LogP contribution is -1.99. The van der Waals surface area contributed by atoms with Gasteiger partial charge < -0.3 is 4.98 Å². The van der Waals surface area contributed by atoms with Gasteiger partial charge in [-0.05, 0) is 70.0 Å². The zero-order valence-corrected chi connectivity index (χ0v) is 13.7. The topological polar surface area (TPSA) is 15.8 Å². The summed E-state index contributed by atoms with van der Waals surface area (Å²) in [6.45, 7) is 2.24. The van der Waals surface area contributed by atoms with Crippen molar-refractivity contribution in [1.82, 2.24) is 4.98 Å². The zero-order chi connectivity index (χ0) is 16.1. The van der Waals surface area contributed by atoms with Gasteiger partial charge in [0.05, 0.1) is 0 Å². The largest absolute Gasteiger partial charge is 0.361 e. The summed E-state index contributed by atoms with van der Waals surface area (Å²) in [5, 5.41) is 4.01. The van der Waals surface area contributed by atoms with E-state index in [4.69, 9.17) is 0 Å². The van der Waals surface area contributed by atoms with Crippen LogP contribution in [0.15, 0.2) is 66.9 Å². The second-order valence-electron chi connectivity index (χ2n) is 6.80. The molecule has 5 rings (SSSR count). The Morgan fingerprint density at radius 3 is 2.83 bits per heavy atom. The molecule has 1 nitrogen and oxygen atoms in total. The highest BCUT2D eigenvalue weighted by Gasteiger charge is 2.20. The Balaban J connectivity index is 1.63. The van der Waals surface area contributed by atoms with E-state index < -0.39 is 0 Å². The first-order valence-electron chi connectivity index (χ1n) is 8.56. The van der Waals surface area contributed by atoms with Crippen molar-refractivity contribution < 1.29 is 0 Å². The first-order valence-corrected chi connectivity index (χ1v) is 8.56. The Morgan fingerprint density at radius 2 is 1.88 bits per heavy atom. The molecule has 0 amide bonds. The number of nitrogens with one attached hydrogen (secondary N) is 1. The van der Waals surface area contributed by atoms with Gasteiger partial charge in [0.15, 0.2) is 0 Å². The van der Waals surface area contributed by atoms with Crippen LogP contribution in [0, 0.1) is 6.92 Å². The van der Waals surface area contributed by atoms with E-state index in [9.17, 15) is 0 Å². The van der Waals surface area contributed by atoms with Gasteiger partial charge in [0.25, 0.3) is 0 Å². The fourth-order valence-electron chi connectivity index (χ4n) is 4.09. The molecule has 1 unspecified atom stereocenters. The van der Waals surface area contributed by atoms with Crippen LogP contribution in [-0.4, -0.2) is 4.98 Å². The van der Waals surface area contributed by atoms with E-state index >= 15 is 0 Å². The van der Waals surface area contributed by atoms with Crippen molar-refractivity contribution in [2.75, 3.05) is 0 Å². The molecular formula is C23H19N. The van der Waals surface area contributed by atoms with Gasteiger partial charge >= 0.3 is 0 Å². The summed E-state index contributed by atoms with van der Waals surface area (Å²) in [4.78, 5) is 3.37. The lowest BCUT2D eigenvalue weighted by Gasteiger charge is -2.12. The predicted octanol–water partition coefficient (Wildman–Crippen LogP) is 5.98. The van der Waals surface area contributed by atoms with E-state index in [-0.39, 0.29) is 0 Å². The minimum atomic E-state index is 0.487. The number of aryl methyl sites for hydroxylation is 1. The van der Waals surface area contributed by atoms with Crippen LogP contribution in [0.4, 0.5) is 0 Å². The van der Waals surface area contributed by atoms with E-state index in [1.165, 1.54) is 43.9 Å². The average molecular weight is 309 g/mol. The fraction of sp³-hybridized carbons (Fsp3) is 0.130. The predicted molar refractivity (Wildman–Crippen MR) is 102 cm³/mol. The quantitative estimate of drug-likeness (QED) is 0.468. The number of hydrogen-bond donors (Lipinski definition) is 1. The Morgan fingerprint density at radius 1 is 0.958 bits per heavy atom. The van der Waals surface area contributed by atoms with Crippen molar-refractivity contribution in [2.24, 2.45) is 0 Å². The molecule has 0 aliphatic heterocycles. The molecule has 24 heavy (non-hydrogen) atoms. The molecule has 0 saturated heterocycles. The Bertz CT molecular complexity index is 1100. The number of aromatic nitrogens is 1. The second-order valence-corrected chi connectivity index (χ2v) is 6.80. The summed E-state index contributed by atoms with van der Waals surface area (Å²) in [5.74, 6) is 0.487. The van der Waals surface area contributed by atoms with Crippen LogP contribution in [0.3, 0.4) is 0 Å². The highest BCUT2D eigenvalue weighted by molar-refractivity contribution is 6.00. The lowest BCUT2D eigenvalue weighted by atomic mass is 9.92. The van der Waals surface area contributed by atoms with E-state index in [1.807, 2.05) is 6.20 Å². The summed E-state index contributed by atoms with van der Waals surface area (Å²) in [5.41, 5.74) is 6.92. The third-order valence-electron chi connectivity index (χ3n) is 5.33. The molecule has 0 fully saturated rings. The van der Waals surface area contributed by atoms with Crippen molar-refractivity contribution in [2.45, 2.75) is 19.3 Å². The molecule has 0 saturated carbocycles. The standard InChI is InChI=1S/C23H19N/c1-15-11-19-12-18-6-4-10-24-23(18)14-22(19)21(15)13-17-9-8-16-5-2-3-7-20(16)17/h2-12,14,17,24H,13H2,1H3. The van der Waals surface area contributed by atoms with Crippen molar-refractivity contribution >= 4 is 27.8 Å². The Labute approximate surface area is 141 Å². The van der Waals surface area contributed by atoms with E-state index in [1.54, 1.807) is 0 Å². The van der Waals surface area contributed by atoms with Gasteiger partial charge in [0, 0.05) is 17.6 Å². The van der Waals surface area contributed by atoms with Crippen LogP contribution in [0.2, 0.25) is 0 Å². The first kappa shape index (κ1) is 13.6. The summed E-state index contributed by atoms with van der Waals surface area (Å²) >= 11 is 0. The SMILES string of the molecule is Cc1cc2cc3ccc[nH]c3cc2c1CC1C=Cc2ccccc21. The maximum atomic E-state index is 3.37. The van der Waals surface area contributed by atoms with Gasteiger partial charge in [-0.3, -0.25) is 0 Å². The van der Waals surface area contributed by atoms with Gasteiger partial charge in [-0.1, -0.05) is 48.6 Å². The van der Waals surface area contributed by atoms with Crippen molar-refractivity contribution in [3.8, 4) is 0 Å². The second kappa shape index (κ2) is 5.10. The maximum absolute atomic E-state index is 3.37. The number of pyridine rings is 1. The smallest absolute Gasteiger partial charge is 0.0459 e. The van der Waals surface area contributed by atoms with Crippen LogP contribution in [0.5, 0.6) is 0 Å². The molecule has 4 aromatic rings. The highest BCUT2D eigenvalue weighted by atomic mass is 14.6. The average Bonchev–Trinajstić information content (AvgIpc) is 3.15. The number of aromatic amines is 1. The number of benzene rings is 2. The molecular weight excluding hydrogens is 290 g/mol. The fourth-order valence-corrected chi connectivity index (χ4v) is 4.09. The van der Waals surface area contributed by atoms with Crippen LogP contribution in [-0.2, 0) is 6.42 Å². The van der Waals surface area contributed by atoms with Gasteiger partial charge in [0.2, 0.25) is 0 Å². The molecule has 116 valence electrons. The number of allylic oxidation sites excluding steroid dienone is 1. The summed E-state index contributed by atoms with van der Waals surface area (Å²) in [6.07, 6.45) is 7.69. The Kier molecular flexibility index (Phi) is 2.90. The van der Waals surface area contributed by atoms with E-state index in [0.29, 0.717) is 5.92 Å². The molecule has 1 heterocycles. The van der Waals surface area contributed by atoms with Crippen LogP contribution in [0.1, 0.15) is 28.2 Å². The van der Waals surface area contributed by atoms with E-state index in [0.717, 1.165) is 6.42 Å². The van der Waals surface area contributed by atoms with Crippen LogP contribution in [0.25, 0.3) is 27.8 Å². The molecule has 1 N–H and O–H groups in total. The summed E-state index contributed by atoms with van der Waals surface area (Å²) in [7, 11) is 0. The van der Waals surface area contributed by atoms with Crippen molar-refractivity contribution in [3.05, 3.63) is 89.1 Å². The third-order valence-corrected chi connectivity index (χ3v) is 5.33. The van der Waals surface area contributed by atoms with Crippen molar-refractivity contribution in [3.63, 3.8) is 0 Å². The molecule has 1 aliphatic carbocycles. The molecule has 3 aromatic carbocycles. The molecule has 0 radical (unpaired) electrons. The molecule has 1 aromatic heterocycles. The van der Waals surface area contributed by atoms with Crippen LogP contribution < -0.4 is 0 Å². The monoisotopic (exact) mass is 309 g/mol. The number of H-pyrrole nitrogens is 1. The molecule has 1 atom stereocenters. The Hall–Kier alpha value is -2.80. The number of fused-ring (bicyclic) bond motifs is 3. The number of rotatable bonds is 2. The highest BCUT2D eigenvalue weighted by Crippen LogP contribution is 2.37. The lowest BCUT2D eigenvalue weighted by molar-refractivity contribution is 0.852. The van der Waals surface area contributed by atoms with Gasteiger partial charge in [-0.2, -0.15) is 0 Å². The molecule has 0 bridgehead atoms. The minimum absolute atomic E-state index is 0.487. The molecule has 1 heteroatoms. The third kappa shape index (κ3) is 2.01. The maximum Gasteiger partial charge on any atom is 0.0459 e. The summed E-state index contributed by atoms with van der Waals surface area (Å²) in [6, 6.07) is 19.9. The number of hydrogen-bond acceptors (Lipinski definition) is 0. The minimum Gasteiger partial charge on any atom is -0.361 e. The van der Waals surface area contributed by atoms with Gasteiger partial charge in [-0.25, -0.2) is 0 Å². The molecule has 0 spiro atoms. The summed E-state index contributed by atoms with van der Waals surface area (Å²) < 4.78 is 0. The van der Waals surface area contributed by atoms with Crippen molar-refractivity contribution in [1.29, 1.82) is 0 Å². The zero-order valence-electron chi connectivity index (χ0n) is 13.7. The van der Waals surface area contributed by atoms with E-state index in [2.05, 4.69) is 78.7 Å². The first-order chi connectivity index (χ1) is 11.8.